The smallest absolute Gasteiger partial charge is 0.251 e. The fourth-order valence-corrected chi connectivity index (χ4v) is 3.23. The summed E-state index contributed by atoms with van der Waals surface area (Å²) < 4.78 is 0. The van der Waals surface area contributed by atoms with E-state index in [1.54, 1.807) is 18.3 Å². The maximum Gasteiger partial charge on any atom is 0.251 e. The van der Waals surface area contributed by atoms with Gasteiger partial charge < -0.3 is 10.6 Å². The minimum atomic E-state index is -0.332. The zero-order valence-corrected chi connectivity index (χ0v) is 16.8. The minimum Gasteiger partial charge on any atom is -0.343 e. The van der Waals surface area contributed by atoms with Gasteiger partial charge in [0.25, 0.3) is 5.91 Å². The third-order valence-corrected chi connectivity index (χ3v) is 4.86. The standard InChI is InChI=1S/C21H22N4O2S/c1-21(2,3)15-9-7-14(8-10-15)19(27)23-12-18(26)25-20-24-17(13-28-20)16-6-4-5-11-22-16/h4-11,13H,12H2,1-3H3,(H,23,27)(H,24,25,26). The molecule has 0 atom stereocenters. The Morgan fingerprint density at radius 3 is 2.43 bits per heavy atom. The quantitative estimate of drug-likeness (QED) is 0.688. The molecular formula is C21H22N4O2S. The van der Waals surface area contributed by atoms with Gasteiger partial charge in [-0.2, -0.15) is 0 Å². The third kappa shape index (κ3) is 5.01. The molecule has 7 heteroatoms. The van der Waals surface area contributed by atoms with Crippen molar-refractivity contribution in [2.45, 2.75) is 26.2 Å². The number of aromatic nitrogens is 2. The van der Waals surface area contributed by atoms with Crippen molar-refractivity contribution in [2.75, 3.05) is 11.9 Å². The van der Waals surface area contributed by atoms with E-state index in [0.29, 0.717) is 16.4 Å². The first kappa shape index (κ1) is 19.7. The molecule has 0 aliphatic heterocycles. The summed E-state index contributed by atoms with van der Waals surface area (Å²) in [6.07, 6.45) is 1.69. The molecule has 0 bridgehead atoms. The molecule has 0 aliphatic carbocycles. The zero-order valence-electron chi connectivity index (χ0n) is 16.0. The van der Waals surface area contributed by atoms with Crippen molar-refractivity contribution < 1.29 is 9.59 Å². The van der Waals surface area contributed by atoms with E-state index in [-0.39, 0.29) is 23.8 Å². The summed E-state index contributed by atoms with van der Waals surface area (Å²) in [5, 5.41) is 7.62. The number of carbonyl (C=O) groups excluding carboxylic acids is 2. The lowest BCUT2D eigenvalue weighted by Gasteiger charge is -2.19. The highest BCUT2D eigenvalue weighted by Crippen LogP contribution is 2.23. The SMILES string of the molecule is CC(C)(C)c1ccc(C(=O)NCC(=O)Nc2nc(-c3ccccn3)cs2)cc1. The first-order chi connectivity index (χ1) is 13.3. The molecule has 0 fully saturated rings. The molecule has 0 saturated carbocycles. The van der Waals surface area contributed by atoms with E-state index < -0.39 is 0 Å². The van der Waals surface area contributed by atoms with Gasteiger partial charge in [-0.05, 0) is 35.2 Å². The molecule has 0 aliphatic rings. The molecule has 3 rings (SSSR count). The maximum atomic E-state index is 12.2. The van der Waals surface area contributed by atoms with E-state index >= 15 is 0 Å². The number of rotatable bonds is 5. The predicted octanol–water partition coefficient (Wildman–Crippen LogP) is 3.87. The first-order valence-electron chi connectivity index (χ1n) is 8.88. The van der Waals surface area contributed by atoms with Crippen molar-refractivity contribution in [1.82, 2.24) is 15.3 Å². The van der Waals surface area contributed by atoms with E-state index in [9.17, 15) is 9.59 Å². The third-order valence-electron chi connectivity index (χ3n) is 4.10. The fourth-order valence-electron chi connectivity index (χ4n) is 2.51. The molecule has 2 heterocycles. The van der Waals surface area contributed by atoms with Gasteiger partial charge in [0, 0.05) is 17.1 Å². The molecule has 2 aromatic heterocycles. The van der Waals surface area contributed by atoms with Crippen LogP contribution in [0.15, 0.2) is 54.0 Å². The summed E-state index contributed by atoms with van der Waals surface area (Å²) in [5.41, 5.74) is 3.13. The number of benzene rings is 1. The van der Waals surface area contributed by atoms with Crippen LogP contribution in [0.3, 0.4) is 0 Å². The van der Waals surface area contributed by atoms with E-state index in [1.807, 2.05) is 35.7 Å². The second-order valence-corrected chi connectivity index (χ2v) is 8.17. The highest BCUT2D eigenvalue weighted by molar-refractivity contribution is 7.14. The second-order valence-electron chi connectivity index (χ2n) is 7.31. The summed E-state index contributed by atoms with van der Waals surface area (Å²) in [6.45, 7) is 6.22. The van der Waals surface area contributed by atoms with Crippen molar-refractivity contribution >= 4 is 28.3 Å². The van der Waals surface area contributed by atoms with Crippen LogP contribution in [-0.2, 0) is 10.2 Å². The van der Waals surface area contributed by atoms with Crippen LogP contribution >= 0.6 is 11.3 Å². The van der Waals surface area contributed by atoms with Gasteiger partial charge >= 0.3 is 0 Å². The highest BCUT2D eigenvalue weighted by Gasteiger charge is 2.15. The topological polar surface area (TPSA) is 84.0 Å². The summed E-state index contributed by atoms with van der Waals surface area (Å²) in [7, 11) is 0. The molecular weight excluding hydrogens is 372 g/mol. The number of pyridine rings is 1. The molecule has 1 aromatic carbocycles. The van der Waals surface area contributed by atoms with Gasteiger partial charge in [0.1, 0.15) is 5.69 Å². The van der Waals surface area contributed by atoms with Crippen LogP contribution < -0.4 is 10.6 Å². The second kappa shape index (κ2) is 8.31. The van der Waals surface area contributed by atoms with E-state index in [1.165, 1.54) is 11.3 Å². The number of amides is 2. The van der Waals surface area contributed by atoms with Crippen LogP contribution in [-0.4, -0.2) is 28.3 Å². The molecule has 3 aromatic rings. The summed E-state index contributed by atoms with van der Waals surface area (Å²) in [5.74, 6) is -0.620. The summed E-state index contributed by atoms with van der Waals surface area (Å²) in [4.78, 5) is 32.9. The van der Waals surface area contributed by atoms with Crippen molar-refractivity contribution in [3.8, 4) is 11.4 Å². The molecule has 0 unspecified atom stereocenters. The number of hydrogen-bond donors (Lipinski definition) is 2. The molecule has 6 nitrogen and oxygen atoms in total. The average Bonchev–Trinajstić information content (AvgIpc) is 3.14. The Labute approximate surface area is 168 Å². The Bertz CT molecular complexity index is 960. The molecule has 0 saturated heterocycles. The Kier molecular flexibility index (Phi) is 5.84. The normalized spacial score (nSPS) is 11.1. The monoisotopic (exact) mass is 394 g/mol. The van der Waals surface area contributed by atoms with Gasteiger partial charge in [-0.3, -0.25) is 14.6 Å². The van der Waals surface area contributed by atoms with Gasteiger partial charge in [-0.15, -0.1) is 11.3 Å². The van der Waals surface area contributed by atoms with Crippen LogP contribution in [0.25, 0.3) is 11.4 Å². The number of thiazole rings is 1. The largest absolute Gasteiger partial charge is 0.343 e. The van der Waals surface area contributed by atoms with E-state index in [2.05, 4.69) is 41.4 Å². The Morgan fingerprint density at radius 2 is 1.79 bits per heavy atom. The van der Waals surface area contributed by atoms with Crippen molar-refractivity contribution in [1.29, 1.82) is 0 Å². The molecule has 0 spiro atoms. The molecule has 28 heavy (non-hydrogen) atoms. The number of anilines is 1. The molecule has 0 radical (unpaired) electrons. The lowest BCUT2D eigenvalue weighted by atomic mass is 9.87. The Balaban J connectivity index is 1.53. The van der Waals surface area contributed by atoms with Crippen LogP contribution in [0.5, 0.6) is 0 Å². The van der Waals surface area contributed by atoms with Crippen LogP contribution in [0.4, 0.5) is 5.13 Å². The van der Waals surface area contributed by atoms with Gasteiger partial charge in [0.2, 0.25) is 5.91 Å². The van der Waals surface area contributed by atoms with Crippen molar-refractivity contribution in [3.05, 3.63) is 65.2 Å². The maximum absolute atomic E-state index is 12.2. The summed E-state index contributed by atoms with van der Waals surface area (Å²) >= 11 is 1.31. The zero-order chi connectivity index (χ0) is 20.1. The lowest BCUT2D eigenvalue weighted by Crippen LogP contribution is -2.32. The van der Waals surface area contributed by atoms with E-state index in [0.717, 1.165) is 11.3 Å². The summed E-state index contributed by atoms with van der Waals surface area (Å²) in [6, 6.07) is 13.0. The van der Waals surface area contributed by atoms with Crippen molar-refractivity contribution in [3.63, 3.8) is 0 Å². The molecule has 2 amide bonds. The predicted molar refractivity (Wildman–Crippen MR) is 111 cm³/mol. The Hall–Kier alpha value is -3.06. The van der Waals surface area contributed by atoms with Crippen molar-refractivity contribution in [2.24, 2.45) is 0 Å². The molecule has 144 valence electrons. The fraction of sp³-hybridized carbons (Fsp3) is 0.238. The number of carbonyl (C=O) groups is 2. The van der Waals surface area contributed by atoms with Gasteiger partial charge in [-0.1, -0.05) is 39.0 Å². The Morgan fingerprint density at radius 1 is 1.04 bits per heavy atom. The van der Waals surface area contributed by atoms with E-state index in [4.69, 9.17) is 0 Å². The average molecular weight is 395 g/mol. The van der Waals surface area contributed by atoms with Gasteiger partial charge in [0.15, 0.2) is 5.13 Å². The lowest BCUT2D eigenvalue weighted by molar-refractivity contribution is -0.115. The van der Waals surface area contributed by atoms with Crippen LogP contribution in [0, 0.1) is 0 Å². The number of nitrogens with one attached hydrogen (secondary N) is 2. The van der Waals surface area contributed by atoms with Gasteiger partial charge in [0.05, 0.1) is 12.2 Å². The molecule has 2 N–H and O–H groups in total. The number of nitrogens with zero attached hydrogens (tertiary/aromatic N) is 2. The minimum absolute atomic E-state index is 0.0245. The van der Waals surface area contributed by atoms with Gasteiger partial charge in [-0.25, -0.2) is 4.98 Å². The highest BCUT2D eigenvalue weighted by atomic mass is 32.1. The number of hydrogen-bond acceptors (Lipinski definition) is 5. The van der Waals surface area contributed by atoms with Crippen LogP contribution in [0.1, 0.15) is 36.7 Å². The van der Waals surface area contributed by atoms with Crippen LogP contribution in [0.2, 0.25) is 0 Å². The first-order valence-corrected chi connectivity index (χ1v) is 9.76.